The molecule has 1 N–H and O–H groups in total. The Morgan fingerprint density at radius 2 is 1.80 bits per heavy atom. The minimum atomic E-state index is 0.717. The summed E-state index contributed by atoms with van der Waals surface area (Å²) in [5, 5.41) is 3.56. The van der Waals surface area contributed by atoms with Gasteiger partial charge in [0.1, 0.15) is 0 Å². The fourth-order valence-electron chi connectivity index (χ4n) is 1.95. The third-order valence-corrected chi connectivity index (χ3v) is 2.87. The van der Waals surface area contributed by atoms with Crippen LogP contribution in [0.2, 0.25) is 0 Å². The Morgan fingerprint density at radius 1 is 1.07 bits per heavy atom. The van der Waals surface area contributed by atoms with Crippen molar-refractivity contribution in [3.63, 3.8) is 0 Å². The number of nitrogens with one attached hydrogen (secondary N) is 1. The van der Waals surface area contributed by atoms with Crippen LogP contribution in [-0.4, -0.2) is 12.6 Å². The van der Waals surface area contributed by atoms with Gasteiger partial charge in [0.15, 0.2) is 0 Å². The summed E-state index contributed by atoms with van der Waals surface area (Å²) in [6.07, 6.45) is 12.7. The van der Waals surface area contributed by atoms with Crippen molar-refractivity contribution >= 4 is 0 Å². The lowest BCUT2D eigenvalue weighted by Gasteiger charge is -2.16. The number of hydrogen-bond acceptors (Lipinski definition) is 1. The van der Waals surface area contributed by atoms with Crippen molar-refractivity contribution in [2.24, 2.45) is 0 Å². The Labute approximate surface area is 96.3 Å². The van der Waals surface area contributed by atoms with Crippen LogP contribution in [0.5, 0.6) is 0 Å². The van der Waals surface area contributed by atoms with Gasteiger partial charge in [0, 0.05) is 6.04 Å². The summed E-state index contributed by atoms with van der Waals surface area (Å²) < 4.78 is 0. The molecule has 0 saturated carbocycles. The molecule has 0 fully saturated rings. The van der Waals surface area contributed by atoms with E-state index in [2.05, 4.69) is 25.7 Å². The van der Waals surface area contributed by atoms with Gasteiger partial charge in [-0.05, 0) is 25.8 Å². The van der Waals surface area contributed by atoms with Crippen molar-refractivity contribution in [1.29, 1.82) is 0 Å². The summed E-state index contributed by atoms with van der Waals surface area (Å²) in [7, 11) is 0. The van der Waals surface area contributed by atoms with Gasteiger partial charge in [-0.15, -0.1) is 6.58 Å². The first-order valence-electron chi connectivity index (χ1n) is 6.69. The summed E-state index contributed by atoms with van der Waals surface area (Å²) in [5.41, 5.74) is 0. The lowest BCUT2D eigenvalue weighted by atomic mass is 10.0. The Bertz CT molecular complexity index is 131. The molecular weight excluding hydrogens is 182 g/mol. The number of unbranched alkanes of at least 4 members (excludes halogenated alkanes) is 4. The molecule has 1 unspecified atom stereocenters. The lowest BCUT2D eigenvalue weighted by Crippen LogP contribution is -2.28. The van der Waals surface area contributed by atoms with Gasteiger partial charge < -0.3 is 5.32 Å². The summed E-state index contributed by atoms with van der Waals surface area (Å²) in [5.74, 6) is 0. The van der Waals surface area contributed by atoms with Crippen LogP contribution >= 0.6 is 0 Å². The van der Waals surface area contributed by atoms with Crippen molar-refractivity contribution in [3.8, 4) is 0 Å². The Hall–Kier alpha value is -0.300. The number of hydrogen-bond donors (Lipinski definition) is 1. The SMILES string of the molecule is C=CCCC(CCCCCCC)NCC. The van der Waals surface area contributed by atoms with Gasteiger partial charge in [-0.25, -0.2) is 0 Å². The van der Waals surface area contributed by atoms with Crippen LogP contribution in [0.15, 0.2) is 12.7 Å². The molecule has 15 heavy (non-hydrogen) atoms. The highest BCUT2D eigenvalue weighted by molar-refractivity contribution is 4.73. The zero-order valence-electron chi connectivity index (χ0n) is 10.7. The maximum atomic E-state index is 3.79. The van der Waals surface area contributed by atoms with Crippen LogP contribution in [0.4, 0.5) is 0 Å². The maximum absolute atomic E-state index is 3.79. The largest absolute Gasteiger partial charge is 0.314 e. The van der Waals surface area contributed by atoms with Crippen LogP contribution in [0.25, 0.3) is 0 Å². The molecule has 0 aromatic heterocycles. The smallest absolute Gasteiger partial charge is 0.00698 e. The molecule has 0 rings (SSSR count). The maximum Gasteiger partial charge on any atom is 0.00698 e. The minimum absolute atomic E-state index is 0.717. The van der Waals surface area contributed by atoms with E-state index in [1.807, 2.05) is 6.08 Å². The van der Waals surface area contributed by atoms with E-state index in [1.165, 1.54) is 44.9 Å². The van der Waals surface area contributed by atoms with E-state index in [-0.39, 0.29) is 0 Å². The molecule has 0 heterocycles. The molecule has 0 aliphatic heterocycles. The van der Waals surface area contributed by atoms with Gasteiger partial charge in [-0.1, -0.05) is 52.0 Å². The van der Waals surface area contributed by atoms with Gasteiger partial charge in [-0.2, -0.15) is 0 Å². The number of rotatable bonds is 11. The van der Waals surface area contributed by atoms with Crippen LogP contribution < -0.4 is 5.32 Å². The predicted octanol–water partition coefficient (Wildman–Crippen LogP) is 4.29. The zero-order chi connectivity index (χ0) is 11.4. The summed E-state index contributed by atoms with van der Waals surface area (Å²) in [4.78, 5) is 0. The molecule has 90 valence electrons. The summed E-state index contributed by atoms with van der Waals surface area (Å²) in [6, 6.07) is 0.717. The Morgan fingerprint density at radius 3 is 2.40 bits per heavy atom. The van der Waals surface area contributed by atoms with Crippen LogP contribution in [0, 0.1) is 0 Å². The van der Waals surface area contributed by atoms with Crippen molar-refractivity contribution in [1.82, 2.24) is 5.32 Å². The standard InChI is InChI=1S/C14H29N/c1-4-7-9-10-11-13-14(15-6-3)12-8-5-2/h5,14-15H,2,4,6-13H2,1,3H3. The Kier molecular flexibility index (Phi) is 11.5. The van der Waals surface area contributed by atoms with Gasteiger partial charge in [0.05, 0.1) is 0 Å². The van der Waals surface area contributed by atoms with Gasteiger partial charge >= 0.3 is 0 Å². The monoisotopic (exact) mass is 211 g/mol. The second-order valence-corrected chi connectivity index (χ2v) is 4.32. The highest BCUT2D eigenvalue weighted by Gasteiger charge is 2.04. The average molecular weight is 211 g/mol. The highest BCUT2D eigenvalue weighted by Crippen LogP contribution is 2.10. The fourth-order valence-corrected chi connectivity index (χ4v) is 1.95. The third-order valence-electron chi connectivity index (χ3n) is 2.87. The molecule has 0 aromatic carbocycles. The topological polar surface area (TPSA) is 12.0 Å². The first-order valence-corrected chi connectivity index (χ1v) is 6.69. The molecule has 0 spiro atoms. The second-order valence-electron chi connectivity index (χ2n) is 4.32. The van der Waals surface area contributed by atoms with Crippen molar-refractivity contribution in [3.05, 3.63) is 12.7 Å². The highest BCUT2D eigenvalue weighted by atomic mass is 14.9. The van der Waals surface area contributed by atoms with Gasteiger partial charge in [0.25, 0.3) is 0 Å². The number of allylic oxidation sites excluding steroid dienone is 1. The quantitative estimate of drug-likeness (QED) is 0.397. The predicted molar refractivity (Wildman–Crippen MR) is 70.3 cm³/mol. The van der Waals surface area contributed by atoms with Crippen LogP contribution in [0.3, 0.4) is 0 Å². The molecule has 0 aliphatic carbocycles. The van der Waals surface area contributed by atoms with Crippen molar-refractivity contribution in [2.45, 2.75) is 71.3 Å². The van der Waals surface area contributed by atoms with E-state index < -0.39 is 0 Å². The summed E-state index contributed by atoms with van der Waals surface area (Å²) in [6.45, 7) is 9.34. The van der Waals surface area contributed by atoms with E-state index >= 15 is 0 Å². The van der Waals surface area contributed by atoms with E-state index in [0.29, 0.717) is 0 Å². The normalized spacial score (nSPS) is 12.7. The molecule has 0 aromatic rings. The van der Waals surface area contributed by atoms with E-state index in [4.69, 9.17) is 0 Å². The minimum Gasteiger partial charge on any atom is -0.314 e. The first kappa shape index (κ1) is 14.7. The van der Waals surface area contributed by atoms with Crippen LogP contribution in [0.1, 0.15) is 65.2 Å². The lowest BCUT2D eigenvalue weighted by molar-refractivity contribution is 0.442. The van der Waals surface area contributed by atoms with E-state index in [9.17, 15) is 0 Å². The molecule has 0 aliphatic rings. The summed E-state index contributed by atoms with van der Waals surface area (Å²) >= 11 is 0. The zero-order valence-corrected chi connectivity index (χ0v) is 10.7. The van der Waals surface area contributed by atoms with Crippen molar-refractivity contribution in [2.75, 3.05) is 6.54 Å². The average Bonchev–Trinajstić information content (AvgIpc) is 2.25. The van der Waals surface area contributed by atoms with E-state index in [0.717, 1.165) is 19.0 Å². The molecular formula is C14H29N. The molecule has 1 heteroatoms. The molecule has 0 radical (unpaired) electrons. The van der Waals surface area contributed by atoms with Gasteiger partial charge in [0.2, 0.25) is 0 Å². The molecule has 1 nitrogen and oxygen atoms in total. The van der Waals surface area contributed by atoms with Crippen LogP contribution in [-0.2, 0) is 0 Å². The molecule has 0 saturated heterocycles. The Balaban J connectivity index is 3.42. The van der Waals surface area contributed by atoms with E-state index in [1.54, 1.807) is 0 Å². The van der Waals surface area contributed by atoms with Crippen molar-refractivity contribution < 1.29 is 0 Å². The second kappa shape index (κ2) is 11.8. The van der Waals surface area contributed by atoms with Gasteiger partial charge in [-0.3, -0.25) is 0 Å². The fraction of sp³-hybridized carbons (Fsp3) is 0.857. The molecule has 0 bridgehead atoms. The first-order chi connectivity index (χ1) is 7.35. The third kappa shape index (κ3) is 9.99. The molecule has 1 atom stereocenters. The molecule has 0 amide bonds.